The zero-order valence-electron chi connectivity index (χ0n) is 19.8. The van der Waals surface area contributed by atoms with Crippen molar-refractivity contribution in [1.82, 2.24) is 0 Å². The highest BCUT2D eigenvalue weighted by Crippen LogP contribution is 2.24. The van der Waals surface area contributed by atoms with E-state index in [0.29, 0.717) is 0 Å². The van der Waals surface area contributed by atoms with Gasteiger partial charge in [-0.15, -0.1) is 0 Å². The molecule has 0 amide bonds. The van der Waals surface area contributed by atoms with E-state index in [1.165, 1.54) is 0 Å². The highest BCUT2D eigenvalue weighted by molar-refractivity contribution is 5.70. The first-order chi connectivity index (χ1) is 15.6. The van der Waals surface area contributed by atoms with Crippen molar-refractivity contribution in [3.05, 3.63) is 0 Å². The second-order valence-corrected chi connectivity index (χ2v) is 6.76. The molecule has 0 aromatic rings. The van der Waals surface area contributed by atoms with Crippen LogP contribution < -0.4 is 0 Å². The highest BCUT2D eigenvalue weighted by Gasteiger charge is 2.49. The molecule has 14 nitrogen and oxygen atoms in total. The fraction of sp³-hybridized carbons (Fsp3) is 0.650. The molecule has 4 atom stereocenters. The van der Waals surface area contributed by atoms with Crippen LogP contribution in [0.15, 0.2) is 0 Å². The van der Waals surface area contributed by atoms with E-state index in [0.717, 1.165) is 48.5 Å². The van der Waals surface area contributed by atoms with Crippen LogP contribution in [-0.2, 0) is 66.7 Å². The lowest BCUT2D eigenvalue weighted by molar-refractivity contribution is -0.243. The van der Waals surface area contributed by atoms with Crippen molar-refractivity contribution in [2.75, 3.05) is 6.61 Å². The SMILES string of the molecule is CC(=O)OC[C@H](OC(C)=O)[C@H](OC(C)=O)[C@@H](OC(C)=O)[C@H](OC(C)=O)C(OC(C)=O)OC(C)=O. The van der Waals surface area contributed by atoms with Crippen LogP contribution in [0.3, 0.4) is 0 Å². The Labute approximate surface area is 195 Å². The van der Waals surface area contributed by atoms with Crippen LogP contribution in [0, 0.1) is 0 Å². The van der Waals surface area contributed by atoms with Gasteiger partial charge in [0.25, 0.3) is 6.29 Å². The molecule has 0 unspecified atom stereocenters. The van der Waals surface area contributed by atoms with Crippen LogP contribution >= 0.6 is 0 Å². The van der Waals surface area contributed by atoms with Gasteiger partial charge in [0.05, 0.1) is 0 Å². The van der Waals surface area contributed by atoms with Gasteiger partial charge in [0.2, 0.25) is 6.10 Å². The van der Waals surface area contributed by atoms with E-state index in [4.69, 9.17) is 33.2 Å². The molecule has 0 rings (SSSR count). The zero-order valence-corrected chi connectivity index (χ0v) is 19.8. The molecule has 0 saturated heterocycles. The van der Waals surface area contributed by atoms with Crippen molar-refractivity contribution in [3.63, 3.8) is 0 Å². The van der Waals surface area contributed by atoms with E-state index in [-0.39, 0.29) is 0 Å². The molecule has 0 aliphatic carbocycles. The number of esters is 7. The monoisotopic (exact) mass is 492 g/mol. The largest absolute Gasteiger partial charge is 0.462 e. The summed E-state index contributed by atoms with van der Waals surface area (Å²) < 4.78 is 35.2. The van der Waals surface area contributed by atoms with Gasteiger partial charge in [0, 0.05) is 48.5 Å². The topological polar surface area (TPSA) is 184 Å². The van der Waals surface area contributed by atoms with Crippen LogP contribution in [0.4, 0.5) is 0 Å². The molecular formula is C20H28O14. The Morgan fingerprint density at radius 2 is 0.794 bits per heavy atom. The summed E-state index contributed by atoms with van der Waals surface area (Å²) in [5.74, 6) is -6.64. The first-order valence-corrected chi connectivity index (χ1v) is 9.80. The summed E-state index contributed by atoms with van der Waals surface area (Å²) in [4.78, 5) is 81.8. The van der Waals surface area contributed by atoms with E-state index in [1.807, 2.05) is 0 Å². The average Bonchev–Trinajstić information content (AvgIpc) is 2.64. The Kier molecular flexibility index (Phi) is 12.9. The lowest BCUT2D eigenvalue weighted by Gasteiger charge is -2.37. The second kappa shape index (κ2) is 14.4. The molecular weight excluding hydrogens is 464 g/mol. The molecule has 14 heteroatoms. The van der Waals surface area contributed by atoms with Gasteiger partial charge in [0.15, 0.2) is 18.3 Å². The third-order valence-corrected chi connectivity index (χ3v) is 3.52. The number of hydrogen-bond acceptors (Lipinski definition) is 14. The van der Waals surface area contributed by atoms with Gasteiger partial charge >= 0.3 is 41.8 Å². The van der Waals surface area contributed by atoms with E-state index in [2.05, 4.69) is 0 Å². The smallest absolute Gasteiger partial charge is 0.305 e. The standard InChI is InChI=1S/C20H28O14/c1-9(21)28-8-16(29-10(2)22)17(30-11(3)23)18(31-12(4)24)19(32-13(5)25)20(33-14(6)26)34-15(7)27/h16-20H,8H2,1-7H3/t16-,17-,18+,19-/m0/s1. The van der Waals surface area contributed by atoms with Gasteiger partial charge in [0.1, 0.15) is 6.61 Å². The summed E-state index contributed by atoms with van der Waals surface area (Å²) in [6.07, 6.45) is -9.15. The van der Waals surface area contributed by atoms with Gasteiger partial charge in [-0.3, -0.25) is 33.6 Å². The molecule has 0 aliphatic rings. The molecule has 192 valence electrons. The van der Waals surface area contributed by atoms with Crippen molar-refractivity contribution >= 4 is 41.8 Å². The van der Waals surface area contributed by atoms with Crippen molar-refractivity contribution in [3.8, 4) is 0 Å². The number of carbonyl (C=O) groups is 7. The van der Waals surface area contributed by atoms with Gasteiger partial charge in [-0.05, 0) is 0 Å². The fourth-order valence-corrected chi connectivity index (χ4v) is 2.62. The maximum absolute atomic E-state index is 11.9. The number of ether oxygens (including phenoxy) is 7. The molecule has 0 saturated carbocycles. The lowest BCUT2D eigenvalue weighted by atomic mass is 10.0. The van der Waals surface area contributed by atoms with Crippen molar-refractivity contribution in [2.45, 2.75) is 79.2 Å². The number of rotatable bonds is 12. The third-order valence-electron chi connectivity index (χ3n) is 3.52. The molecule has 0 aromatic heterocycles. The van der Waals surface area contributed by atoms with E-state index >= 15 is 0 Å². The van der Waals surface area contributed by atoms with Crippen molar-refractivity contribution in [1.29, 1.82) is 0 Å². The van der Waals surface area contributed by atoms with Gasteiger partial charge in [-0.2, -0.15) is 0 Å². The summed E-state index contributed by atoms with van der Waals surface area (Å²) in [6, 6.07) is 0. The number of carbonyl (C=O) groups excluding carboxylic acids is 7. The molecule has 0 aliphatic heterocycles. The van der Waals surface area contributed by atoms with Crippen LogP contribution in [0.5, 0.6) is 0 Å². The van der Waals surface area contributed by atoms with E-state index in [9.17, 15) is 33.6 Å². The van der Waals surface area contributed by atoms with Crippen molar-refractivity contribution < 1.29 is 66.7 Å². The summed E-state index contributed by atoms with van der Waals surface area (Å²) >= 11 is 0. The average molecular weight is 492 g/mol. The summed E-state index contributed by atoms with van der Waals surface area (Å²) in [6.45, 7) is 6.13. The molecule has 0 spiro atoms. The minimum Gasteiger partial charge on any atom is -0.462 e. The Morgan fingerprint density at radius 1 is 0.441 bits per heavy atom. The second-order valence-electron chi connectivity index (χ2n) is 6.76. The van der Waals surface area contributed by atoms with Gasteiger partial charge < -0.3 is 33.2 Å². The predicted octanol–water partition coefficient (Wildman–Crippen LogP) is -0.271. The summed E-state index contributed by atoms with van der Waals surface area (Å²) in [7, 11) is 0. The number of hydrogen-bond donors (Lipinski definition) is 0. The molecule has 0 N–H and O–H groups in total. The lowest BCUT2D eigenvalue weighted by Crippen LogP contribution is -2.57. The predicted molar refractivity (Wildman–Crippen MR) is 106 cm³/mol. The fourth-order valence-electron chi connectivity index (χ4n) is 2.62. The molecule has 34 heavy (non-hydrogen) atoms. The molecule has 0 fully saturated rings. The normalized spacial score (nSPS) is 13.9. The van der Waals surface area contributed by atoms with Crippen LogP contribution in [0.1, 0.15) is 48.5 Å². The van der Waals surface area contributed by atoms with Crippen molar-refractivity contribution in [2.24, 2.45) is 0 Å². The maximum atomic E-state index is 11.9. The minimum absolute atomic E-state index is 0.677. The van der Waals surface area contributed by atoms with E-state index < -0.39 is 79.1 Å². The van der Waals surface area contributed by atoms with Gasteiger partial charge in [-0.1, -0.05) is 0 Å². The summed E-state index contributed by atoms with van der Waals surface area (Å²) in [5.41, 5.74) is 0. The Bertz CT molecular complexity index is 772. The molecule has 0 aromatic carbocycles. The molecule has 0 heterocycles. The highest BCUT2D eigenvalue weighted by atomic mass is 16.7. The summed E-state index contributed by atoms with van der Waals surface area (Å²) in [5, 5.41) is 0. The first kappa shape index (κ1) is 30.3. The first-order valence-electron chi connectivity index (χ1n) is 9.80. The van der Waals surface area contributed by atoms with E-state index in [1.54, 1.807) is 0 Å². The van der Waals surface area contributed by atoms with Crippen LogP contribution in [0.25, 0.3) is 0 Å². The molecule has 0 radical (unpaired) electrons. The maximum Gasteiger partial charge on any atom is 0.305 e. The Balaban J connectivity index is 6.76. The molecule has 0 bridgehead atoms. The third kappa shape index (κ3) is 12.4. The zero-order chi connectivity index (χ0) is 26.6. The quantitative estimate of drug-likeness (QED) is 0.197. The van der Waals surface area contributed by atoms with Crippen LogP contribution in [0.2, 0.25) is 0 Å². The van der Waals surface area contributed by atoms with Gasteiger partial charge in [-0.25, -0.2) is 0 Å². The minimum atomic E-state index is -1.98. The Morgan fingerprint density at radius 3 is 1.15 bits per heavy atom. The Hall–Kier alpha value is -3.71. The van der Waals surface area contributed by atoms with Crippen LogP contribution in [-0.4, -0.2) is 79.1 Å².